The van der Waals surface area contributed by atoms with Crippen molar-refractivity contribution in [2.24, 2.45) is 5.92 Å². The fourth-order valence-electron chi connectivity index (χ4n) is 5.84. The number of hydrogen-bond acceptors (Lipinski definition) is 10. The number of carbonyl (C=O) groups excluding carboxylic acids is 3. The summed E-state index contributed by atoms with van der Waals surface area (Å²) in [7, 11) is 2.78. The number of fused-ring (bicyclic) bond motifs is 1. The topological polar surface area (TPSA) is 113 Å². The minimum absolute atomic E-state index is 0.0197. The first-order valence-electron chi connectivity index (χ1n) is 15.3. The van der Waals surface area contributed by atoms with Gasteiger partial charge >= 0.3 is 12.1 Å². The summed E-state index contributed by atoms with van der Waals surface area (Å²) >= 11 is 0. The van der Waals surface area contributed by atoms with Crippen LogP contribution in [0, 0.1) is 5.92 Å². The number of carbonyl (C=O) groups is 3. The summed E-state index contributed by atoms with van der Waals surface area (Å²) in [5.74, 6) is 0.234. The molecule has 1 saturated heterocycles. The molecule has 240 valence electrons. The molecule has 2 aliphatic heterocycles. The zero-order chi connectivity index (χ0) is 31.6. The summed E-state index contributed by atoms with van der Waals surface area (Å²) in [4.78, 5) is 43.6. The van der Waals surface area contributed by atoms with Crippen molar-refractivity contribution in [2.45, 2.75) is 64.7 Å². The van der Waals surface area contributed by atoms with Gasteiger partial charge in [0.15, 0.2) is 11.5 Å². The molecular formula is C33H44N2O9. The van der Waals surface area contributed by atoms with Crippen LogP contribution in [0.4, 0.5) is 4.79 Å². The van der Waals surface area contributed by atoms with Crippen LogP contribution < -0.4 is 14.2 Å². The first-order chi connectivity index (χ1) is 21.3. The maximum absolute atomic E-state index is 14.0. The molecule has 44 heavy (non-hydrogen) atoms. The van der Waals surface area contributed by atoms with Gasteiger partial charge < -0.3 is 33.3 Å². The van der Waals surface area contributed by atoms with Gasteiger partial charge in [-0.05, 0) is 48.2 Å². The van der Waals surface area contributed by atoms with Crippen LogP contribution in [-0.4, -0.2) is 81.3 Å². The smallest absolute Gasteiger partial charge is 0.497 e. The minimum atomic E-state index is -1.18. The van der Waals surface area contributed by atoms with Gasteiger partial charge in [0.1, 0.15) is 5.75 Å². The molecule has 0 aliphatic carbocycles. The molecule has 2 heterocycles. The van der Waals surface area contributed by atoms with Crippen molar-refractivity contribution < 1.29 is 42.8 Å². The fourth-order valence-corrected chi connectivity index (χ4v) is 5.84. The van der Waals surface area contributed by atoms with E-state index in [1.807, 2.05) is 47.4 Å². The van der Waals surface area contributed by atoms with E-state index in [0.29, 0.717) is 36.9 Å². The van der Waals surface area contributed by atoms with E-state index in [2.05, 4.69) is 23.5 Å². The summed E-state index contributed by atoms with van der Waals surface area (Å²) in [6.45, 7) is 7.72. The summed E-state index contributed by atoms with van der Waals surface area (Å²) in [6, 6.07) is 12.6. The SMILES string of the molecule is CCCCN(CCCC)C(=O)CN1C[C@H](c2ccc3c(c2)OCO3)[C@@H](C(=O)OC(C)OC(=O)OC)[C@@H]1c1ccc(OC)cc1. The Labute approximate surface area is 259 Å². The van der Waals surface area contributed by atoms with E-state index in [1.54, 1.807) is 7.11 Å². The Kier molecular flexibility index (Phi) is 11.7. The molecule has 1 fully saturated rings. The maximum Gasteiger partial charge on any atom is 0.511 e. The lowest BCUT2D eigenvalue weighted by molar-refractivity contribution is -0.174. The van der Waals surface area contributed by atoms with E-state index in [1.165, 1.54) is 14.0 Å². The number of amides is 1. The molecule has 1 amide bonds. The number of rotatable bonds is 14. The van der Waals surface area contributed by atoms with Crippen LogP contribution in [0.1, 0.15) is 69.5 Å². The zero-order valence-corrected chi connectivity index (χ0v) is 26.3. The van der Waals surface area contributed by atoms with Gasteiger partial charge in [-0.3, -0.25) is 14.5 Å². The van der Waals surface area contributed by atoms with Crippen molar-refractivity contribution in [3.05, 3.63) is 53.6 Å². The minimum Gasteiger partial charge on any atom is -0.497 e. The Morgan fingerprint density at radius 3 is 2.23 bits per heavy atom. The number of hydrogen-bond donors (Lipinski definition) is 0. The Bertz CT molecular complexity index is 1260. The molecule has 0 aromatic heterocycles. The van der Waals surface area contributed by atoms with Gasteiger partial charge in [-0.25, -0.2) is 4.79 Å². The molecule has 2 aliphatic rings. The van der Waals surface area contributed by atoms with Crippen LogP contribution >= 0.6 is 0 Å². The lowest BCUT2D eigenvalue weighted by Gasteiger charge is -2.31. The number of nitrogens with zero attached hydrogens (tertiary/aromatic N) is 2. The van der Waals surface area contributed by atoms with Crippen molar-refractivity contribution in [1.29, 1.82) is 0 Å². The average molecular weight is 613 g/mol. The summed E-state index contributed by atoms with van der Waals surface area (Å²) in [5.41, 5.74) is 1.68. The van der Waals surface area contributed by atoms with E-state index in [9.17, 15) is 14.4 Å². The second-order valence-electron chi connectivity index (χ2n) is 11.1. The molecule has 0 bridgehead atoms. The first kappa shape index (κ1) is 32.9. The van der Waals surface area contributed by atoms with Gasteiger partial charge in [-0.1, -0.05) is 44.9 Å². The van der Waals surface area contributed by atoms with Crippen LogP contribution in [0.2, 0.25) is 0 Å². The fraction of sp³-hybridized carbons (Fsp3) is 0.545. The number of unbranched alkanes of at least 4 members (excludes halogenated alkanes) is 2. The Hall–Kier alpha value is -3.99. The summed E-state index contributed by atoms with van der Waals surface area (Å²) < 4.78 is 31.9. The Morgan fingerprint density at radius 1 is 0.932 bits per heavy atom. The first-order valence-corrected chi connectivity index (χ1v) is 15.3. The van der Waals surface area contributed by atoms with E-state index in [4.69, 9.17) is 23.7 Å². The normalized spacial score (nSPS) is 19.7. The van der Waals surface area contributed by atoms with Crippen molar-refractivity contribution in [1.82, 2.24) is 9.80 Å². The highest BCUT2D eigenvalue weighted by Crippen LogP contribution is 2.48. The second-order valence-corrected chi connectivity index (χ2v) is 11.1. The van der Waals surface area contributed by atoms with E-state index in [0.717, 1.165) is 36.8 Å². The van der Waals surface area contributed by atoms with Gasteiger partial charge in [0.05, 0.1) is 26.7 Å². The molecule has 0 radical (unpaired) electrons. The standard InChI is InChI=1S/C33H44N2O9/c1-6-8-16-34(17-9-7-2)29(36)20-35-19-26(24-12-15-27-28(18-24)42-21-41-27)30(32(37)43-22(3)44-33(38)40-5)31(35)23-10-13-25(39-4)14-11-23/h10-15,18,22,26,30-31H,6-9,16-17,19-21H2,1-5H3/t22?,26-,30-,31+/m1/s1. The number of methoxy groups -OCH3 is 2. The van der Waals surface area contributed by atoms with E-state index >= 15 is 0 Å². The molecule has 4 rings (SSSR count). The molecule has 1 unspecified atom stereocenters. The number of benzene rings is 2. The number of likely N-dealkylation sites (tertiary alicyclic amines) is 1. The van der Waals surface area contributed by atoms with Crippen LogP contribution in [0.15, 0.2) is 42.5 Å². The second kappa shape index (κ2) is 15.7. The van der Waals surface area contributed by atoms with Crippen LogP contribution in [0.5, 0.6) is 17.2 Å². The Balaban J connectivity index is 1.73. The highest BCUT2D eigenvalue weighted by molar-refractivity contribution is 5.80. The summed E-state index contributed by atoms with van der Waals surface area (Å²) in [5, 5.41) is 0. The third-order valence-corrected chi connectivity index (χ3v) is 8.12. The predicted octanol–water partition coefficient (Wildman–Crippen LogP) is 5.28. The zero-order valence-electron chi connectivity index (χ0n) is 26.3. The summed E-state index contributed by atoms with van der Waals surface area (Å²) in [6.07, 6.45) is 1.68. The van der Waals surface area contributed by atoms with Gasteiger partial charge in [0.25, 0.3) is 0 Å². The average Bonchev–Trinajstić information content (AvgIpc) is 3.65. The highest BCUT2D eigenvalue weighted by Gasteiger charge is 2.49. The molecule has 0 saturated carbocycles. The van der Waals surface area contributed by atoms with Crippen LogP contribution in [0.3, 0.4) is 0 Å². The van der Waals surface area contributed by atoms with Gasteiger partial charge in [-0.2, -0.15) is 0 Å². The lowest BCUT2D eigenvalue weighted by Crippen LogP contribution is -2.42. The highest BCUT2D eigenvalue weighted by atomic mass is 16.8. The van der Waals surface area contributed by atoms with Crippen molar-refractivity contribution >= 4 is 18.0 Å². The third kappa shape index (κ3) is 7.93. The molecule has 11 nitrogen and oxygen atoms in total. The number of esters is 1. The predicted molar refractivity (Wildman–Crippen MR) is 162 cm³/mol. The Morgan fingerprint density at radius 2 is 1.59 bits per heavy atom. The van der Waals surface area contributed by atoms with E-state index in [-0.39, 0.29) is 25.2 Å². The van der Waals surface area contributed by atoms with Gasteiger partial charge in [0.2, 0.25) is 19.0 Å². The molecule has 2 aromatic rings. The molecular weight excluding hydrogens is 568 g/mol. The third-order valence-electron chi connectivity index (χ3n) is 8.12. The van der Waals surface area contributed by atoms with Crippen molar-refractivity contribution in [2.75, 3.05) is 47.2 Å². The van der Waals surface area contributed by atoms with Crippen LogP contribution in [-0.2, 0) is 23.8 Å². The van der Waals surface area contributed by atoms with Crippen molar-refractivity contribution in [3.63, 3.8) is 0 Å². The van der Waals surface area contributed by atoms with Crippen molar-refractivity contribution in [3.8, 4) is 17.2 Å². The largest absolute Gasteiger partial charge is 0.511 e. The molecule has 2 aromatic carbocycles. The lowest BCUT2D eigenvalue weighted by atomic mass is 9.82. The molecule has 11 heteroatoms. The van der Waals surface area contributed by atoms with Gasteiger partial charge in [-0.15, -0.1) is 0 Å². The quantitative estimate of drug-likeness (QED) is 0.206. The molecule has 0 N–H and O–H groups in total. The maximum atomic E-state index is 14.0. The number of ether oxygens (including phenoxy) is 6. The molecule has 0 spiro atoms. The van der Waals surface area contributed by atoms with Gasteiger partial charge in [0, 0.05) is 38.5 Å². The molecule has 4 atom stereocenters. The monoisotopic (exact) mass is 612 g/mol. The van der Waals surface area contributed by atoms with Crippen LogP contribution in [0.25, 0.3) is 0 Å². The van der Waals surface area contributed by atoms with E-state index < -0.39 is 30.4 Å².